The highest BCUT2D eigenvalue weighted by atomic mass is 35.5. The molecule has 0 aromatic heterocycles. The zero-order chi connectivity index (χ0) is 22.8. The molecule has 3 rings (SSSR count). The van der Waals surface area contributed by atoms with Crippen LogP contribution in [0.25, 0.3) is 0 Å². The van der Waals surface area contributed by atoms with Crippen molar-refractivity contribution in [1.82, 2.24) is 0 Å². The Labute approximate surface area is 196 Å². The van der Waals surface area contributed by atoms with E-state index in [0.717, 1.165) is 11.1 Å². The molecule has 8 heteroatoms. The number of anilines is 1. The second-order valence-corrected chi connectivity index (χ2v) is 7.43. The third-order valence-electron chi connectivity index (χ3n) is 4.20. The number of nitrogens with one attached hydrogen (secondary N) is 1. The summed E-state index contributed by atoms with van der Waals surface area (Å²) >= 11 is 12.1. The molecule has 0 fully saturated rings. The monoisotopic (exact) mass is 472 g/mol. The molecule has 0 atom stereocenters. The average Bonchev–Trinajstić information content (AvgIpc) is 2.78. The largest absolute Gasteiger partial charge is 0.490 e. The maximum absolute atomic E-state index is 11.9. The maximum Gasteiger partial charge on any atom is 0.265 e. The van der Waals surface area contributed by atoms with Crippen LogP contribution in [0.1, 0.15) is 18.1 Å². The van der Waals surface area contributed by atoms with Gasteiger partial charge in [-0.1, -0.05) is 52.6 Å². The molecule has 166 valence electrons. The number of halogens is 2. The number of rotatable bonds is 10. The Bertz CT molecular complexity index is 1070. The van der Waals surface area contributed by atoms with Gasteiger partial charge in [-0.25, -0.2) is 0 Å². The van der Waals surface area contributed by atoms with Crippen LogP contribution in [0.4, 0.5) is 5.69 Å². The molecule has 3 aromatic carbocycles. The predicted molar refractivity (Wildman–Crippen MR) is 127 cm³/mol. The number of nitrogens with zero attached hydrogens (tertiary/aromatic N) is 1. The topological polar surface area (TPSA) is 69.2 Å². The van der Waals surface area contributed by atoms with Crippen LogP contribution in [-0.2, 0) is 16.2 Å². The minimum Gasteiger partial charge on any atom is -0.490 e. The minimum absolute atomic E-state index is 0.202. The smallest absolute Gasteiger partial charge is 0.265 e. The summed E-state index contributed by atoms with van der Waals surface area (Å²) in [6.45, 7) is 2.42. The van der Waals surface area contributed by atoms with Crippen molar-refractivity contribution >= 4 is 41.0 Å². The molecular formula is C24H22Cl2N2O4. The van der Waals surface area contributed by atoms with Crippen molar-refractivity contribution in [2.45, 2.75) is 13.5 Å². The number of ether oxygens (including phenoxy) is 2. The van der Waals surface area contributed by atoms with E-state index in [9.17, 15) is 4.79 Å². The van der Waals surface area contributed by atoms with Crippen molar-refractivity contribution < 1.29 is 19.1 Å². The summed E-state index contributed by atoms with van der Waals surface area (Å²) in [5.41, 5.74) is 2.24. The average molecular weight is 473 g/mol. The molecule has 0 spiro atoms. The highest BCUT2D eigenvalue weighted by Gasteiger charge is 2.09. The summed E-state index contributed by atoms with van der Waals surface area (Å²) in [7, 11) is 0. The van der Waals surface area contributed by atoms with E-state index >= 15 is 0 Å². The first kappa shape index (κ1) is 23.4. The predicted octanol–water partition coefficient (Wildman–Crippen LogP) is 5.96. The normalized spacial score (nSPS) is 10.7. The lowest BCUT2D eigenvalue weighted by atomic mass is 10.2. The molecule has 1 N–H and O–H groups in total. The van der Waals surface area contributed by atoms with Crippen molar-refractivity contribution in [3.8, 4) is 11.5 Å². The molecule has 0 saturated carbocycles. The quantitative estimate of drug-likeness (QED) is 0.291. The van der Waals surface area contributed by atoms with Gasteiger partial charge in [0.05, 0.1) is 12.8 Å². The molecule has 0 unspecified atom stereocenters. The Morgan fingerprint density at radius 1 is 1.00 bits per heavy atom. The van der Waals surface area contributed by atoms with Gasteiger partial charge in [0.15, 0.2) is 18.1 Å². The Morgan fingerprint density at radius 3 is 2.56 bits per heavy atom. The fraction of sp³-hybridized carbons (Fsp3) is 0.167. The second kappa shape index (κ2) is 12.0. The van der Waals surface area contributed by atoms with E-state index in [1.54, 1.807) is 42.5 Å². The van der Waals surface area contributed by atoms with Crippen LogP contribution in [0.15, 0.2) is 71.9 Å². The minimum atomic E-state index is -0.298. The van der Waals surface area contributed by atoms with E-state index in [4.69, 9.17) is 37.5 Å². The van der Waals surface area contributed by atoms with Crippen LogP contribution in [-0.4, -0.2) is 25.3 Å². The van der Waals surface area contributed by atoms with Gasteiger partial charge < -0.3 is 19.6 Å². The third-order valence-corrected chi connectivity index (χ3v) is 4.78. The van der Waals surface area contributed by atoms with Gasteiger partial charge in [-0.2, -0.15) is 0 Å². The number of carbonyl (C=O) groups excluding carboxylic acids is 1. The first-order valence-corrected chi connectivity index (χ1v) is 10.6. The van der Waals surface area contributed by atoms with Crippen molar-refractivity contribution in [3.05, 3.63) is 87.9 Å². The van der Waals surface area contributed by atoms with Crippen LogP contribution in [0.3, 0.4) is 0 Å². The molecular weight excluding hydrogens is 451 g/mol. The van der Waals surface area contributed by atoms with E-state index < -0.39 is 0 Å². The van der Waals surface area contributed by atoms with E-state index in [2.05, 4.69) is 10.5 Å². The SMILES string of the molecule is CCOc1cc(C=NOCC(=O)Nc2ccccc2)ccc1OCc1ccc(Cl)cc1Cl. The zero-order valence-corrected chi connectivity index (χ0v) is 18.9. The number of hydrogen-bond acceptors (Lipinski definition) is 5. The molecule has 0 radical (unpaired) electrons. The van der Waals surface area contributed by atoms with Gasteiger partial charge in [-0.3, -0.25) is 4.79 Å². The van der Waals surface area contributed by atoms with Gasteiger partial charge in [-0.05, 0) is 49.4 Å². The van der Waals surface area contributed by atoms with E-state index in [1.807, 2.05) is 31.2 Å². The number of benzene rings is 3. The summed E-state index contributed by atoms with van der Waals surface area (Å²) in [5, 5.41) is 7.67. The van der Waals surface area contributed by atoms with Gasteiger partial charge in [-0.15, -0.1) is 0 Å². The van der Waals surface area contributed by atoms with Crippen LogP contribution in [0.2, 0.25) is 10.0 Å². The molecule has 0 bridgehead atoms. The highest BCUT2D eigenvalue weighted by molar-refractivity contribution is 6.35. The van der Waals surface area contributed by atoms with Crippen molar-refractivity contribution in [1.29, 1.82) is 0 Å². The van der Waals surface area contributed by atoms with Crippen LogP contribution in [0, 0.1) is 0 Å². The number of amides is 1. The summed E-state index contributed by atoms with van der Waals surface area (Å²) in [6.07, 6.45) is 1.50. The molecule has 0 aliphatic rings. The first-order valence-electron chi connectivity index (χ1n) is 9.89. The zero-order valence-electron chi connectivity index (χ0n) is 17.4. The van der Waals surface area contributed by atoms with Crippen molar-refractivity contribution in [3.63, 3.8) is 0 Å². The van der Waals surface area contributed by atoms with Gasteiger partial charge in [0.1, 0.15) is 6.61 Å². The van der Waals surface area contributed by atoms with Gasteiger partial charge in [0, 0.05) is 26.9 Å². The first-order chi connectivity index (χ1) is 15.5. The van der Waals surface area contributed by atoms with Gasteiger partial charge >= 0.3 is 0 Å². The summed E-state index contributed by atoms with van der Waals surface area (Å²) in [4.78, 5) is 17.0. The number of hydrogen-bond donors (Lipinski definition) is 1. The molecule has 3 aromatic rings. The van der Waals surface area contributed by atoms with Crippen LogP contribution >= 0.6 is 23.2 Å². The second-order valence-electron chi connectivity index (χ2n) is 6.59. The number of para-hydroxylation sites is 1. The Hall–Kier alpha value is -3.22. The standard InChI is InChI=1S/C24H22Cl2N2O4/c1-2-30-23-12-17(14-27-32-16-24(29)28-20-6-4-3-5-7-20)8-11-22(23)31-15-18-9-10-19(25)13-21(18)26/h3-14H,2,15-16H2,1H3,(H,28,29). The fourth-order valence-electron chi connectivity index (χ4n) is 2.70. The number of oxime groups is 1. The highest BCUT2D eigenvalue weighted by Crippen LogP contribution is 2.30. The Morgan fingerprint density at radius 2 is 1.81 bits per heavy atom. The summed E-state index contributed by atoms with van der Waals surface area (Å²) in [5.74, 6) is 0.828. The van der Waals surface area contributed by atoms with Crippen molar-refractivity contribution in [2.24, 2.45) is 5.16 Å². The van der Waals surface area contributed by atoms with Gasteiger partial charge in [0.2, 0.25) is 0 Å². The van der Waals surface area contributed by atoms with E-state index in [0.29, 0.717) is 33.8 Å². The van der Waals surface area contributed by atoms with Crippen LogP contribution < -0.4 is 14.8 Å². The Kier molecular flexibility index (Phi) is 8.78. The van der Waals surface area contributed by atoms with Crippen LogP contribution in [0.5, 0.6) is 11.5 Å². The molecule has 32 heavy (non-hydrogen) atoms. The molecule has 0 aliphatic heterocycles. The lowest BCUT2D eigenvalue weighted by molar-refractivity contribution is -0.120. The van der Waals surface area contributed by atoms with E-state index in [1.165, 1.54) is 6.21 Å². The van der Waals surface area contributed by atoms with Crippen molar-refractivity contribution in [2.75, 3.05) is 18.5 Å². The molecule has 0 saturated heterocycles. The fourth-order valence-corrected chi connectivity index (χ4v) is 3.16. The molecule has 1 amide bonds. The maximum atomic E-state index is 11.9. The third kappa shape index (κ3) is 7.18. The lowest BCUT2D eigenvalue weighted by Gasteiger charge is -2.13. The molecule has 6 nitrogen and oxygen atoms in total. The van der Waals surface area contributed by atoms with E-state index in [-0.39, 0.29) is 19.1 Å². The molecule has 0 aliphatic carbocycles. The molecule has 0 heterocycles. The lowest BCUT2D eigenvalue weighted by Crippen LogP contribution is -2.16. The summed E-state index contributed by atoms with van der Waals surface area (Å²) in [6, 6.07) is 19.7. The Balaban J connectivity index is 1.56. The van der Waals surface area contributed by atoms with Gasteiger partial charge in [0.25, 0.3) is 5.91 Å². The summed E-state index contributed by atoms with van der Waals surface area (Å²) < 4.78 is 11.6. The number of carbonyl (C=O) groups is 1.